The lowest BCUT2D eigenvalue weighted by Gasteiger charge is -2.27. The molecule has 20 heavy (non-hydrogen) atoms. The maximum Gasteiger partial charge on any atom is 0.303 e. The Kier molecular flexibility index (Phi) is 4.33. The zero-order valence-corrected chi connectivity index (χ0v) is 11.8. The van der Waals surface area contributed by atoms with Gasteiger partial charge in [0.25, 0.3) is 5.91 Å². The van der Waals surface area contributed by atoms with E-state index >= 15 is 0 Å². The average molecular weight is 297 g/mol. The van der Waals surface area contributed by atoms with Crippen LogP contribution in [0.15, 0.2) is 5.38 Å². The number of likely N-dealkylation sites (N-methyl/N-ethyl adjacent to an activating group) is 1. The van der Waals surface area contributed by atoms with Crippen molar-refractivity contribution >= 4 is 34.3 Å². The number of carbonyl (C=O) groups is 3. The Morgan fingerprint density at radius 1 is 1.60 bits per heavy atom. The molecule has 1 unspecified atom stereocenters. The van der Waals surface area contributed by atoms with Crippen LogP contribution < -0.4 is 5.32 Å². The molecule has 1 atom stereocenters. The number of imide groups is 1. The number of anilines is 1. The number of aryl methyl sites for hydroxylation is 1. The third kappa shape index (κ3) is 3.32. The zero-order valence-electron chi connectivity index (χ0n) is 11.0. The molecular weight excluding hydrogens is 282 g/mol. The molecule has 2 N–H and O–H groups in total. The Bertz CT molecular complexity index is 543. The number of hydrogen-bond donors (Lipinski definition) is 2. The van der Waals surface area contributed by atoms with Gasteiger partial charge in [0.1, 0.15) is 6.04 Å². The number of rotatable bonds is 5. The number of carboxylic acid groups (broad SMARTS) is 1. The van der Waals surface area contributed by atoms with Gasteiger partial charge in [0.05, 0.1) is 12.1 Å². The Labute approximate surface area is 119 Å². The van der Waals surface area contributed by atoms with Crippen LogP contribution in [0.1, 0.15) is 25.0 Å². The normalized spacial score (nSPS) is 19.2. The highest BCUT2D eigenvalue weighted by molar-refractivity contribution is 7.13. The highest BCUT2D eigenvalue weighted by Crippen LogP contribution is 2.21. The monoisotopic (exact) mass is 297 g/mol. The summed E-state index contributed by atoms with van der Waals surface area (Å²) in [5.74, 6) is -1.30. The first-order chi connectivity index (χ1) is 9.47. The lowest BCUT2D eigenvalue weighted by molar-refractivity contribution is -0.146. The van der Waals surface area contributed by atoms with Gasteiger partial charge in [-0.1, -0.05) is 0 Å². The van der Waals surface area contributed by atoms with Crippen molar-refractivity contribution in [2.75, 3.05) is 12.4 Å². The second kappa shape index (κ2) is 6.00. The molecule has 1 aliphatic heterocycles. The second-order valence-corrected chi connectivity index (χ2v) is 5.42. The van der Waals surface area contributed by atoms with Gasteiger partial charge in [-0.15, -0.1) is 11.3 Å². The van der Waals surface area contributed by atoms with E-state index in [-0.39, 0.29) is 18.2 Å². The second-order valence-electron chi connectivity index (χ2n) is 4.56. The first kappa shape index (κ1) is 14.4. The van der Waals surface area contributed by atoms with Gasteiger partial charge in [0, 0.05) is 25.3 Å². The molecule has 0 radical (unpaired) electrons. The molecular formula is C12H15N3O4S. The van der Waals surface area contributed by atoms with Crippen molar-refractivity contribution in [2.24, 2.45) is 0 Å². The number of amides is 2. The Hall–Kier alpha value is -1.96. The van der Waals surface area contributed by atoms with Crippen LogP contribution >= 0.6 is 11.3 Å². The summed E-state index contributed by atoms with van der Waals surface area (Å²) in [7, 11) is 1.47. The topological polar surface area (TPSA) is 99.6 Å². The van der Waals surface area contributed by atoms with E-state index in [9.17, 15) is 14.4 Å². The highest BCUT2D eigenvalue weighted by atomic mass is 32.1. The van der Waals surface area contributed by atoms with Crippen LogP contribution in [-0.4, -0.2) is 45.9 Å². The third-order valence-corrected chi connectivity index (χ3v) is 3.92. The highest BCUT2D eigenvalue weighted by Gasteiger charge is 2.32. The smallest absolute Gasteiger partial charge is 0.303 e. The summed E-state index contributed by atoms with van der Waals surface area (Å²) in [6.07, 6.45) is 1.18. The van der Waals surface area contributed by atoms with Crippen LogP contribution in [0.2, 0.25) is 0 Å². The first-order valence-corrected chi connectivity index (χ1v) is 7.08. The number of aromatic nitrogens is 1. The molecule has 0 aromatic carbocycles. The van der Waals surface area contributed by atoms with E-state index in [2.05, 4.69) is 10.3 Å². The van der Waals surface area contributed by atoms with Crippen molar-refractivity contribution < 1.29 is 19.5 Å². The summed E-state index contributed by atoms with van der Waals surface area (Å²) in [5.41, 5.74) is 0.688. The quantitative estimate of drug-likeness (QED) is 0.777. The molecule has 2 rings (SSSR count). The fourth-order valence-corrected chi connectivity index (χ4v) is 2.72. The molecule has 2 amide bonds. The Balaban J connectivity index is 1.95. The summed E-state index contributed by atoms with van der Waals surface area (Å²) in [4.78, 5) is 39.1. The van der Waals surface area contributed by atoms with Gasteiger partial charge < -0.3 is 10.4 Å². The van der Waals surface area contributed by atoms with E-state index < -0.39 is 12.0 Å². The minimum atomic E-state index is -0.866. The van der Waals surface area contributed by atoms with Crippen molar-refractivity contribution in [3.63, 3.8) is 0 Å². The van der Waals surface area contributed by atoms with E-state index in [4.69, 9.17) is 5.11 Å². The van der Waals surface area contributed by atoms with E-state index in [1.807, 2.05) is 0 Å². The van der Waals surface area contributed by atoms with Gasteiger partial charge in [-0.2, -0.15) is 0 Å². The predicted molar refractivity (Wildman–Crippen MR) is 72.5 cm³/mol. The SMILES string of the molecule is CN1C(=O)CCC(Nc2nc(CCC(=O)O)cs2)C1=O. The Morgan fingerprint density at radius 3 is 3.05 bits per heavy atom. The number of carbonyl (C=O) groups excluding carboxylic acids is 2. The minimum absolute atomic E-state index is 0.0305. The minimum Gasteiger partial charge on any atom is -0.481 e. The number of likely N-dealkylation sites (tertiary alicyclic amines) is 1. The summed E-state index contributed by atoms with van der Waals surface area (Å²) < 4.78 is 0. The number of carboxylic acids is 1. The van der Waals surface area contributed by atoms with Crippen molar-refractivity contribution in [3.05, 3.63) is 11.1 Å². The van der Waals surface area contributed by atoms with Crippen molar-refractivity contribution in [1.29, 1.82) is 0 Å². The molecule has 8 heteroatoms. The van der Waals surface area contributed by atoms with E-state index in [1.165, 1.54) is 18.4 Å². The standard InChI is InChI=1S/C12H15N3O4S/c1-15-9(16)4-3-8(11(15)19)14-12-13-7(6-20-12)2-5-10(17)18/h6,8H,2-5H2,1H3,(H,13,14)(H,17,18). The van der Waals surface area contributed by atoms with Gasteiger partial charge in [-0.3, -0.25) is 19.3 Å². The fraction of sp³-hybridized carbons (Fsp3) is 0.500. The van der Waals surface area contributed by atoms with Crippen LogP contribution in [0.25, 0.3) is 0 Å². The molecule has 1 saturated heterocycles. The number of nitrogens with one attached hydrogen (secondary N) is 1. The van der Waals surface area contributed by atoms with Gasteiger partial charge in [0.15, 0.2) is 5.13 Å². The average Bonchev–Trinajstić information content (AvgIpc) is 2.85. The molecule has 0 saturated carbocycles. The lowest BCUT2D eigenvalue weighted by atomic mass is 10.1. The van der Waals surface area contributed by atoms with Crippen LogP contribution in [0.5, 0.6) is 0 Å². The summed E-state index contributed by atoms with van der Waals surface area (Å²) in [6.45, 7) is 0. The molecule has 0 aliphatic carbocycles. The van der Waals surface area contributed by atoms with Gasteiger partial charge in [0.2, 0.25) is 5.91 Å². The van der Waals surface area contributed by atoms with Crippen LogP contribution in [0, 0.1) is 0 Å². The molecule has 2 heterocycles. The largest absolute Gasteiger partial charge is 0.481 e. The van der Waals surface area contributed by atoms with Crippen LogP contribution in [0.3, 0.4) is 0 Å². The van der Waals surface area contributed by atoms with Gasteiger partial charge in [-0.25, -0.2) is 4.98 Å². The molecule has 108 valence electrons. The third-order valence-electron chi connectivity index (χ3n) is 3.09. The maximum absolute atomic E-state index is 11.9. The molecule has 1 aliphatic rings. The van der Waals surface area contributed by atoms with Crippen molar-refractivity contribution in [1.82, 2.24) is 9.88 Å². The van der Waals surface area contributed by atoms with Gasteiger partial charge >= 0.3 is 5.97 Å². The Morgan fingerprint density at radius 2 is 2.35 bits per heavy atom. The molecule has 1 aromatic heterocycles. The molecule has 0 spiro atoms. The summed E-state index contributed by atoms with van der Waals surface area (Å²) in [6, 6.07) is -0.448. The number of thiazole rings is 1. The molecule has 7 nitrogen and oxygen atoms in total. The molecule has 0 bridgehead atoms. The maximum atomic E-state index is 11.9. The van der Waals surface area contributed by atoms with Crippen LogP contribution in [-0.2, 0) is 20.8 Å². The molecule has 1 aromatic rings. The lowest BCUT2D eigenvalue weighted by Crippen LogP contribution is -2.48. The van der Waals surface area contributed by atoms with E-state index in [0.29, 0.717) is 30.1 Å². The summed E-state index contributed by atoms with van der Waals surface area (Å²) in [5, 5.41) is 14.0. The number of aliphatic carboxylic acids is 1. The van der Waals surface area contributed by atoms with Crippen molar-refractivity contribution in [2.45, 2.75) is 31.7 Å². The van der Waals surface area contributed by atoms with Crippen molar-refractivity contribution in [3.8, 4) is 0 Å². The zero-order chi connectivity index (χ0) is 14.7. The summed E-state index contributed by atoms with van der Waals surface area (Å²) >= 11 is 1.33. The van der Waals surface area contributed by atoms with E-state index in [1.54, 1.807) is 5.38 Å². The number of hydrogen-bond acceptors (Lipinski definition) is 6. The van der Waals surface area contributed by atoms with Crippen LogP contribution in [0.4, 0.5) is 5.13 Å². The number of piperidine rings is 1. The van der Waals surface area contributed by atoms with Gasteiger partial charge in [-0.05, 0) is 6.42 Å². The fourth-order valence-electron chi connectivity index (χ4n) is 1.92. The molecule has 1 fully saturated rings. The van der Waals surface area contributed by atoms with E-state index in [0.717, 1.165) is 4.90 Å². The number of nitrogens with zero attached hydrogens (tertiary/aromatic N) is 2. The predicted octanol–water partition coefficient (Wildman–Crippen LogP) is 0.720. The first-order valence-electron chi connectivity index (χ1n) is 6.20.